The third kappa shape index (κ3) is 3.32. The number of fused-ring (bicyclic) bond motifs is 1. The minimum absolute atomic E-state index is 0.0672. The van der Waals surface area contributed by atoms with Gasteiger partial charge in [0.05, 0.1) is 23.2 Å². The molecule has 0 amide bonds. The van der Waals surface area contributed by atoms with Gasteiger partial charge in [-0.25, -0.2) is 13.6 Å². The van der Waals surface area contributed by atoms with Crippen LogP contribution in [0.2, 0.25) is 0 Å². The van der Waals surface area contributed by atoms with Gasteiger partial charge in [0, 0.05) is 18.1 Å². The van der Waals surface area contributed by atoms with Crippen molar-refractivity contribution < 1.29 is 13.2 Å². The van der Waals surface area contributed by atoms with Gasteiger partial charge in [0.2, 0.25) is 10.0 Å². The Kier molecular flexibility index (Phi) is 4.37. The molecule has 0 saturated carbocycles. The topological polar surface area (TPSA) is 94.3 Å². The fraction of sp³-hybridized carbons (Fsp3) is 0.118. The Labute approximate surface area is 140 Å². The number of sulfonamides is 1. The number of pyridine rings is 1. The van der Waals surface area contributed by atoms with E-state index in [2.05, 4.69) is 10.3 Å². The molecule has 0 unspecified atom stereocenters. The number of ether oxygens (including phenoxy) is 1. The molecule has 6 nitrogen and oxygen atoms in total. The molecule has 0 bridgehead atoms. The molecule has 0 radical (unpaired) electrons. The predicted molar refractivity (Wildman–Crippen MR) is 93.4 cm³/mol. The van der Waals surface area contributed by atoms with E-state index in [1.807, 2.05) is 24.3 Å². The zero-order valence-electron chi connectivity index (χ0n) is 13.1. The molecular formula is C17H17N3O3S. The number of nitrogens with one attached hydrogen (secondary N) is 1. The lowest BCUT2D eigenvalue weighted by atomic mass is 10.1. The summed E-state index contributed by atoms with van der Waals surface area (Å²) in [6.07, 6.45) is 1.62. The molecule has 3 N–H and O–H groups in total. The predicted octanol–water partition coefficient (Wildman–Crippen LogP) is 2.50. The summed E-state index contributed by atoms with van der Waals surface area (Å²) >= 11 is 0. The van der Waals surface area contributed by atoms with Gasteiger partial charge in [-0.1, -0.05) is 12.1 Å². The van der Waals surface area contributed by atoms with Crippen molar-refractivity contribution in [3.05, 3.63) is 60.3 Å². The summed E-state index contributed by atoms with van der Waals surface area (Å²) < 4.78 is 28.7. The Balaban J connectivity index is 1.96. The summed E-state index contributed by atoms with van der Waals surface area (Å²) in [4.78, 5) is 4.36. The fourth-order valence-electron chi connectivity index (χ4n) is 2.52. The van der Waals surface area contributed by atoms with E-state index in [1.165, 1.54) is 6.07 Å². The van der Waals surface area contributed by atoms with Crippen LogP contribution in [-0.4, -0.2) is 20.5 Å². The number of methoxy groups -OCH3 is 1. The van der Waals surface area contributed by atoms with Crippen LogP contribution in [0.1, 0.15) is 5.56 Å². The standard InChI is InChI=1S/C17H17N3O3S/c1-23-13-5-2-4-12(10-13)11-20-15-7-8-16(24(18,21)22)14-6-3-9-19-17(14)15/h2-10,20H,11H2,1H3,(H2,18,21,22). The lowest BCUT2D eigenvalue weighted by Gasteiger charge is -2.12. The van der Waals surface area contributed by atoms with E-state index >= 15 is 0 Å². The monoisotopic (exact) mass is 343 g/mol. The molecule has 1 heterocycles. The van der Waals surface area contributed by atoms with E-state index in [-0.39, 0.29) is 4.90 Å². The second-order valence-corrected chi connectivity index (χ2v) is 6.79. The van der Waals surface area contributed by atoms with Gasteiger partial charge in [0.1, 0.15) is 5.75 Å². The highest BCUT2D eigenvalue weighted by atomic mass is 32.2. The first-order valence-electron chi connectivity index (χ1n) is 7.26. The number of rotatable bonds is 5. The van der Waals surface area contributed by atoms with E-state index < -0.39 is 10.0 Å². The maximum absolute atomic E-state index is 11.7. The minimum atomic E-state index is -3.81. The van der Waals surface area contributed by atoms with Crippen molar-refractivity contribution in [1.82, 2.24) is 4.98 Å². The molecule has 0 saturated heterocycles. The molecule has 0 aliphatic rings. The number of anilines is 1. The second-order valence-electron chi connectivity index (χ2n) is 5.26. The van der Waals surface area contributed by atoms with Crippen molar-refractivity contribution >= 4 is 26.6 Å². The van der Waals surface area contributed by atoms with Crippen molar-refractivity contribution in [2.75, 3.05) is 12.4 Å². The molecule has 7 heteroatoms. The van der Waals surface area contributed by atoms with Crippen LogP contribution in [0.5, 0.6) is 5.75 Å². The molecule has 124 valence electrons. The molecule has 3 rings (SSSR count). The minimum Gasteiger partial charge on any atom is -0.497 e. The summed E-state index contributed by atoms with van der Waals surface area (Å²) in [5.41, 5.74) is 2.33. The summed E-state index contributed by atoms with van der Waals surface area (Å²) in [7, 11) is -2.19. The Bertz CT molecular complexity index is 987. The highest BCUT2D eigenvalue weighted by molar-refractivity contribution is 7.89. The summed E-state index contributed by atoms with van der Waals surface area (Å²) in [5.74, 6) is 0.779. The molecule has 3 aromatic rings. The van der Waals surface area contributed by atoms with Crippen molar-refractivity contribution in [2.45, 2.75) is 11.4 Å². The fourth-order valence-corrected chi connectivity index (χ4v) is 3.25. The quantitative estimate of drug-likeness (QED) is 0.742. The van der Waals surface area contributed by atoms with Crippen LogP contribution in [0.3, 0.4) is 0 Å². The highest BCUT2D eigenvalue weighted by Gasteiger charge is 2.15. The van der Waals surface area contributed by atoms with Gasteiger partial charge < -0.3 is 10.1 Å². The van der Waals surface area contributed by atoms with Gasteiger partial charge in [-0.05, 0) is 42.0 Å². The van der Waals surface area contributed by atoms with Crippen LogP contribution in [0.4, 0.5) is 5.69 Å². The Hall–Kier alpha value is -2.64. The summed E-state index contributed by atoms with van der Waals surface area (Å²) in [5, 5.41) is 9.06. The number of nitrogens with zero attached hydrogens (tertiary/aromatic N) is 1. The molecule has 0 atom stereocenters. The van der Waals surface area contributed by atoms with E-state index in [1.54, 1.807) is 31.5 Å². The molecule has 24 heavy (non-hydrogen) atoms. The first-order valence-corrected chi connectivity index (χ1v) is 8.81. The average Bonchev–Trinajstić information content (AvgIpc) is 2.58. The number of benzene rings is 2. The Morgan fingerprint density at radius 3 is 2.75 bits per heavy atom. The Morgan fingerprint density at radius 1 is 1.17 bits per heavy atom. The van der Waals surface area contributed by atoms with Crippen molar-refractivity contribution in [2.24, 2.45) is 5.14 Å². The molecule has 0 aliphatic carbocycles. The molecule has 1 aromatic heterocycles. The van der Waals surface area contributed by atoms with Gasteiger partial charge in [-0.2, -0.15) is 0 Å². The zero-order valence-corrected chi connectivity index (χ0v) is 13.9. The summed E-state index contributed by atoms with van der Waals surface area (Å²) in [6.45, 7) is 0.553. The molecule has 0 spiro atoms. The maximum Gasteiger partial charge on any atom is 0.238 e. The van der Waals surface area contributed by atoms with E-state index in [0.29, 0.717) is 17.4 Å². The summed E-state index contributed by atoms with van der Waals surface area (Å²) in [6, 6.07) is 14.2. The van der Waals surface area contributed by atoms with E-state index in [0.717, 1.165) is 17.0 Å². The average molecular weight is 343 g/mol. The normalized spacial score (nSPS) is 11.4. The number of nitrogens with two attached hydrogens (primary N) is 1. The van der Waals surface area contributed by atoms with Crippen LogP contribution in [-0.2, 0) is 16.6 Å². The van der Waals surface area contributed by atoms with E-state index in [9.17, 15) is 8.42 Å². The van der Waals surface area contributed by atoms with E-state index in [4.69, 9.17) is 9.88 Å². The number of primary sulfonamides is 1. The van der Waals surface area contributed by atoms with Crippen LogP contribution in [0.25, 0.3) is 10.9 Å². The molecule has 0 fully saturated rings. The van der Waals surface area contributed by atoms with Crippen molar-refractivity contribution in [3.8, 4) is 5.75 Å². The number of hydrogen-bond acceptors (Lipinski definition) is 5. The first-order chi connectivity index (χ1) is 11.5. The van der Waals surface area contributed by atoms with Crippen molar-refractivity contribution in [1.29, 1.82) is 0 Å². The van der Waals surface area contributed by atoms with Gasteiger partial charge in [0.25, 0.3) is 0 Å². The lowest BCUT2D eigenvalue weighted by Crippen LogP contribution is -2.13. The second kappa shape index (κ2) is 6.46. The molecular weight excluding hydrogens is 326 g/mol. The third-order valence-corrected chi connectivity index (χ3v) is 4.62. The van der Waals surface area contributed by atoms with Crippen LogP contribution >= 0.6 is 0 Å². The lowest BCUT2D eigenvalue weighted by molar-refractivity contribution is 0.414. The Morgan fingerprint density at radius 2 is 2.00 bits per heavy atom. The maximum atomic E-state index is 11.7. The van der Waals surface area contributed by atoms with Crippen molar-refractivity contribution in [3.63, 3.8) is 0 Å². The smallest absolute Gasteiger partial charge is 0.238 e. The highest BCUT2D eigenvalue weighted by Crippen LogP contribution is 2.27. The zero-order chi connectivity index (χ0) is 17.2. The largest absolute Gasteiger partial charge is 0.497 e. The third-order valence-electron chi connectivity index (χ3n) is 3.65. The van der Waals surface area contributed by atoms with Crippen LogP contribution in [0.15, 0.2) is 59.6 Å². The van der Waals surface area contributed by atoms with Gasteiger partial charge in [-0.15, -0.1) is 0 Å². The van der Waals surface area contributed by atoms with Crippen LogP contribution in [0, 0.1) is 0 Å². The molecule has 0 aliphatic heterocycles. The first kappa shape index (κ1) is 16.2. The van der Waals surface area contributed by atoms with Gasteiger partial charge in [-0.3, -0.25) is 4.98 Å². The number of aromatic nitrogens is 1. The molecule has 2 aromatic carbocycles. The SMILES string of the molecule is COc1cccc(CNc2ccc(S(N)(=O)=O)c3cccnc23)c1. The van der Waals surface area contributed by atoms with Gasteiger partial charge >= 0.3 is 0 Å². The number of hydrogen-bond donors (Lipinski definition) is 2. The van der Waals surface area contributed by atoms with Crippen LogP contribution < -0.4 is 15.2 Å². The van der Waals surface area contributed by atoms with Gasteiger partial charge in [0.15, 0.2) is 0 Å².